The Kier molecular flexibility index (Phi) is 5.50. The van der Waals surface area contributed by atoms with E-state index in [9.17, 15) is 0 Å². The van der Waals surface area contributed by atoms with Crippen LogP contribution in [0.5, 0.6) is 0 Å². The van der Waals surface area contributed by atoms with Crippen LogP contribution < -0.4 is 10.6 Å². The Hall–Kier alpha value is -1.69. The second-order valence-corrected chi connectivity index (χ2v) is 5.64. The van der Waals surface area contributed by atoms with Crippen LogP contribution in [0, 0.1) is 6.92 Å². The Balaban J connectivity index is 2.14. The van der Waals surface area contributed by atoms with Crippen molar-refractivity contribution in [2.75, 3.05) is 23.4 Å². The highest BCUT2D eigenvalue weighted by Gasteiger charge is 2.11. The van der Waals surface area contributed by atoms with Crippen LogP contribution in [0.15, 0.2) is 27.8 Å². The molecule has 0 fully saturated rings. The van der Waals surface area contributed by atoms with E-state index in [1.807, 2.05) is 31.4 Å². The fourth-order valence-electron chi connectivity index (χ4n) is 1.91. The van der Waals surface area contributed by atoms with Crippen LogP contribution in [0.1, 0.15) is 37.8 Å². The van der Waals surface area contributed by atoms with E-state index in [-0.39, 0.29) is 6.04 Å². The molecule has 0 saturated heterocycles. The van der Waals surface area contributed by atoms with Gasteiger partial charge in [0.1, 0.15) is 23.2 Å². The molecule has 0 aliphatic carbocycles. The maximum absolute atomic E-state index is 5.64. The SMILES string of the molecule is CCCNc1cc(NC(C)c2ccc(C)o2)nc(SC)n1. The summed E-state index contributed by atoms with van der Waals surface area (Å²) in [5, 5.41) is 7.41. The third-order valence-corrected chi connectivity index (χ3v) is 3.54. The van der Waals surface area contributed by atoms with Crippen molar-refractivity contribution in [3.63, 3.8) is 0 Å². The summed E-state index contributed by atoms with van der Waals surface area (Å²) in [4.78, 5) is 8.94. The van der Waals surface area contributed by atoms with Gasteiger partial charge < -0.3 is 15.1 Å². The number of furan rings is 1. The summed E-state index contributed by atoms with van der Waals surface area (Å²) in [5.74, 6) is 3.47. The minimum atomic E-state index is 0.0577. The predicted molar refractivity (Wildman–Crippen MR) is 88.1 cm³/mol. The van der Waals surface area contributed by atoms with Crippen LogP contribution in [0.2, 0.25) is 0 Å². The summed E-state index contributed by atoms with van der Waals surface area (Å²) in [6.45, 7) is 7.03. The molecule has 6 heteroatoms. The number of hydrogen-bond donors (Lipinski definition) is 2. The molecule has 0 radical (unpaired) electrons. The average molecular weight is 306 g/mol. The van der Waals surface area contributed by atoms with Crippen LogP contribution in [0.4, 0.5) is 11.6 Å². The summed E-state index contributed by atoms with van der Waals surface area (Å²) in [6, 6.07) is 5.94. The van der Waals surface area contributed by atoms with Gasteiger partial charge >= 0.3 is 0 Å². The summed E-state index contributed by atoms with van der Waals surface area (Å²) in [6.07, 6.45) is 3.03. The molecule has 2 heterocycles. The average Bonchev–Trinajstić information content (AvgIpc) is 2.91. The molecule has 5 nitrogen and oxygen atoms in total. The molecule has 21 heavy (non-hydrogen) atoms. The molecule has 2 rings (SSSR count). The van der Waals surface area contributed by atoms with E-state index in [1.54, 1.807) is 0 Å². The van der Waals surface area contributed by atoms with Crippen molar-refractivity contribution in [2.45, 2.75) is 38.4 Å². The lowest BCUT2D eigenvalue weighted by Crippen LogP contribution is -2.10. The lowest BCUT2D eigenvalue weighted by molar-refractivity contribution is 0.466. The molecular formula is C15H22N4OS. The second kappa shape index (κ2) is 7.36. The quantitative estimate of drug-likeness (QED) is 0.593. The Morgan fingerprint density at radius 3 is 2.67 bits per heavy atom. The number of nitrogens with zero attached hydrogens (tertiary/aromatic N) is 2. The van der Waals surface area contributed by atoms with Crippen molar-refractivity contribution < 1.29 is 4.42 Å². The lowest BCUT2D eigenvalue weighted by atomic mass is 10.2. The van der Waals surface area contributed by atoms with Gasteiger partial charge in [-0.25, -0.2) is 9.97 Å². The first-order chi connectivity index (χ1) is 10.1. The van der Waals surface area contributed by atoms with E-state index in [0.717, 1.165) is 41.3 Å². The maximum atomic E-state index is 5.64. The Bertz CT molecular complexity index is 585. The van der Waals surface area contributed by atoms with Gasteiger partial charge in [-0.3, -0.25) is 0 Å². The van der Waals surface area contributed by atoms with Gasteiger partial charge in [0.05, 0.1) is 6.04 Å². The third kappa shape index (κ3) is 4.39. The first-order valence-electron chi connectivity index (χ1n) is 7.12. The molecule has 0 aliphatic rings. The zero-order chi connectivity index (χ0) is 15.2. The van der Waals surface area contributed by atoms with Gasteiger partial charge in [0.15, 0.2) is 5.16 Å². The fourth-order valence-corrected chi connectivity index (χ4v) is 2.29. The van der Waals surface area contributed by atoms with E-state index in [4.69, 9.17) is 4.42 Å². The van der Waals surface area contributed by atoms with Crippen molar-refractivity contribution in [1.29, 1.82) is 0 Å². The molecule has 2 aromatic heterocycles. The minimum Gasteiger partial charge on any atom is -0.464 e. The second-order valence-electron chi connectivity index (χ2n) is 4.87. The van der Waals surface area contributed by atoms with Crippen molar-refractivity contribution in [2.24, 2.45) is 0 Å². The van der Waals surface area contributed by atoms with Crippen LogP contribution >= 0.6 is 11.8 Å². The van der Waals surface area contributed by atoms with Crippen LogP contribution in [-0.4, -0.2) is 22.8 Å². The normalized spacial score (nSPS) is 12.2. The van der Waals surface area contributed by atoms with Gasteiger partial charge in [-0.1, -0.05) is 18.7 Å². The predicted octanol–water partition coefficient (Wildman–Crippen LogP) is 4.09. The molecule has 1 atom stereocenters. The summed E-state index contributed by atoms with van der Waals surface area (Å²) >= 11 is 1.53. The number of anilines is 2. The van der Waals surface area contributed by atoms with Crippen LogP contribution in [0.25, 0.3) is 0 Å². The highest BCUT2D eigenvalue weighted by molar-refractivity contribution is 7.98. The lowest BCUT2D eigenvalue weighted by Gasteiger charge is -2.14. The van der Waals surface area contributed by atoms with Gasteiger partial charge in [-0.2, -0.15) is 0 Å². The smallest absolute Gasteiger partial charge is 0.191 e. The molecule has 0 spiro atoms. The van der Waals surface area contributed by atoms with Crippen LogP contribution in [-0.2, 0) is 0 Å². The largest absolute Gasteiger partial charge is 0.464 e. The van der Waals surface area contributed by atoms with Crippen molar-refractivity contribution in [3.8, 4) is 0 Å². The maximum Gasteiger partial charge on any atom is 0.191 e. The van der Waals surface area contributed by atoms with E-state index in [0.29, 0.717) is 0 Å². The summed E-state index contributed by atoms with van der Waals surface area (Å²) in [7, 11) is 0. The molecule has 2 N–H and O–H groups in total. The van der Waals surface area contributed by atoms with Crippen molar-refractivity contribution >= 4 is 23.4 Å². The molecular weight excluding hydrogens is 284 g/mol. The van der Waals surface area contributed by atoms with Gasteiger partial charge in [0.25, 0.3) is 0 Å². The third-order valence-electron chi connectivity index (χ3n) is 3.00. The Labute approximate surface area is 129 Å². The number of aryl methyl sites for hydroxylation is 1. The van der Waals surface area contributed by atoms with Gasteiger partial charge in [0, 0.05) is 12.6 Å². The zero-order valence-corrected chi connectivity index (χ0v) is 13.8. The van der Waals surface area contributed by atoms with E-state index >= 15 is 0 Å². The van der Waals surface area contributed by atoms with E-state index in [1.165, 1.54) is 11.8 Å². The first-order valence-corrected chi connectivity index (χ1v) is 8.34. The summed E-state index contributed by atoms with van der Waals surface area (Å²) in [5.41, 5.74) is 0. The number of aromatic nitrogens is 2. The highest BCUT2D eigenvalue weighted by Crippen LogP contribution is 2.23. The topological polar surface area (TPSA) is 63.0 Å². The molecule has 0 saturated carbocycles. The van der Waals surface area contributed by atoms with Crippen LogP contribution in [0.3, 0.4) is 0 Å². The minimum absolute atomic E-state index is 0.0577. The van der Waals surface area contributed by atoms with E-state index in [2.05, 4.69) is 34.4 Å². The van der Waals surface area contributed by atoms with Gasteiger partial charge in [-0.05, 0) is 38.7 Å². The molecule has 1 unspecified atom stereocenters. The molecule has 2 aromatic rings. The summed E-state index contributed by atoms with van der Waals surface area (Å²) < 4.78 is 5.64. The highest BCUT2D eigenvalue weighted by atomic mass is 32.2. The van der Waals surface area contributed by atoms with Crippen molar-refractivity contribution in [3.05, 3.63) is 29.7 Å². The zero-order valence-electron chi connectivity index (χ0n) is 12.9. The Morgan fingerprint density at radius 1 is 1.29 bits per heavy atom. The number of thioether (sulfide) groups is 1. The molecule has 114 valence electrons. The van der Waals surface area contributed by atoms with E-state index < -0.39 is 0 Å². The fraction of sp³-hybridized carbons (Fsp3) is 0.467. The van der Waals surface area contributed by atoms with Crippen molar-refractivity contribution in [1.82, 2.24) is 9.97 Å². The number of nitrogens with one attached hydrogen (secondary N) is 2. The molecule has 0 aliphatic heterocycles. The number of hydrogen-bond acceptors (Lipinski definition) is 6. The standard InChI is InChI=1S/C15H22N4OS/c1-5-8-16-13-9-14(19-15(18-13)21-4)17-11(3)12-7-6-10(2)20-12/h6-7,9,11H,5,8H2,1-4H3,(H2,16,17,18,19). The number of rotatable bonds is 7. The molecule has 0 bridgehead atoms. The monoisotopic (exact) mass is 306 g/mol. The molecule has 0 amide bonds. The Morgan fingerprint density at radius 2 is 2.05 bits per heavy atom. The molecule has 0 aromatic carbocycles. The van der Waals surface area contributed by atoms with Gasteiger partial charge in [-0.15, -0.1) is 0 Å². The first kappa shape index (κ1) is 15.7. The van der Waals surface area contributed by atoms with Gasteiger partial charge in [0.2, 0.25) is 0 Å².